The van der Waals surface area contributed by atoms with Crippen LogP contribution in [0.5, 0.6) is 0 Å². The van der Waals surface area contributed by atoms with Gasteiger partial charge in [-0.25, -0.2) is 0 Å². The lowest BCUT2D eigenvalue weighted by Crippen LogP contribution is -2.39. The fourth-order valence-corrected chi connectivity index (χ4v) is 3.24. The van der Waals surface area contributed by atoms with E-state index in [1.165, 1.54) is 19.3 Å². The van der Waals surface area contributed by atoms with Crippen molar-refractivity contribution < 1.29 is 0 Å². The molecule has 14 heavy (non-hydrogen) atoms. The van der Waals surface area contributed by atoms with Crippen LogP contribution in [-0.4, -0.2) is 0 Å². The Balaban J connectivity index is 0.000000461. The van der Waals surface area contributed by atoms with Crippen molar-refractivity contribution in [1.82, 2.24) is 0 Å². The second-order valence-electron chi connectivity index (χ2n) is 5.37. The first kappa shape index (κ1) is 12.1. The molecule has 0 unspecified atom stereocenters. The van der Waals surface area contributed by atoms with E-state index in [0.29, 0.717) is 0 Å². The molecule has 84 valence electrons. The predicted octanol–water partition coefficient (Wildman–Crippen LogP) is 5.03. The molecule has 2 saturated carbocycles. The number of rotatable bonds is 1. The Kier molecular flexibility index (Phi) is 4.47. The quantitative estimate of drug-likeness (QED) is 0.552. The lowest BCUT2D eigenvalue weighted by molar-refractivity contribution is 0.00118. The second kappa shape index (κ2) is 5.19. The maximum atomic E-state index is 2.42. The summed E-state index contributed by atoms with van der Waals surface area (Å²) in [5, 5.41) is 0. The van der Waals surface area contributed by atoms with Gasteiger partial charge in [0.05, 0.1) is 0 Å². The maximum Gasteiger partial charge on any atom is -0.0292 e. The lowest BCUT2D eigenvalue weighted by Gasteiger charge is -2.51. The van der Waals surface area contributed by atoms with Gasteiger partial charge in [-0.05, 0) is 42.9 Å². The highest BCUT2D eigenvalue weighted by Crippen LogP contribution is 2.56. The Hall–Kier alpha value is 0. The van der Waals surface area contributed by atoms with Crippen LogP contribution in [0, 0.1) is 17.3 Å². The highest BCUT2D eigenvalue weighted by molar-refractivity contribution is 4.95. The molecular weight excluding hydrogens is 168 g/mol. The monoisotopic (exact) mass is 196 g/mol. The normalized spacial score (nSPS) is 41.1. The first-order valence-electron chi connectivity index (χ1n) is 6.74. The third kappa shape index (κ3) is 2.52. The van der Waals surface area contributed by atoms with Crippen molar-refractivity contribution in [2.45, 2.75) is 72.6 Å². The molecule has 0 saturated heterocycles. The summed E-state index contributed by atoms with van der Waals surface area (Å²) >= 11 is 0. The zero-order valence-electron chi connectivity index (χ0n) is 10.6. The highest BCUT2D eigenvalue weighted by Gasteiger charge is 2.44. The molecule has 0 heterocycles. The Morgan fingerprint density at radius 2 is 1.57 bits per heavy atom. The largest absolute Gasteiger partial charge is 0.0683 e. The van der Waals surface area contributed by atoms with Crippen molar-refractivity contribution in [2.24, 2.45) is 17.3 Å². The standard InChI is InChI=1S/C12H22.C2H6/c1-3-11-8-12(9-11)6-4-10(2)5-7-12;1-2/h10-11H,3-9H2,1-2H3;1-2H3. The molecule has 0 aromatic heterocycles. The minimum Gasteiger partial charge on any atom is -0.0683 e. The van der Waals surface area contributed by atoms with Gasteiger partial charge in [0.25, 0.3) is 0 Å². The van der Waals surface area contributed by atoms with E-state index in [4.69, 9.17) is 0 Å². The minimum absolute atomic E-state index is 0.854. The van der Waals surface area contributed by atoms with Gasteiger partial charge in [0.2, 0.25) is 0 Å². The van der Waals surface area contributed by atoms with Gasteiger partial charge in [-0.15, -0.1) is 0 Å². The van der Waals surface area contributed by atoms with E-state index in [1.54, 1.807) is 25.7 Å². The van der Waals surface area contributed by atoms with E-state index in [2.05, 4.69) is 13.8 Å². The molecule has 2 rings (SSSR count). The molecule has 0 aliphatic heterocycles. The van der Waals surface area contributed by atoms with Gasteiger partial charge in [-0.2, -0.15) is 0 Å². The Labute approximate surface area is 90.5 Å². The molecule has 0 aromatic carbocycles. The molecule has 1 spiro atoms. The molecule has 2 aliphatic rings. The summed E-state index contributed by atoms with van der Waals surface area (Å²) in [6.45, 7) is 8.77. The summed E-state index contributed by atoms with van der Waals surface area (Å²) in [6, 6.07) is 0. The highest BCUT2D eigenvalue weighted by atomic mass is 14.5. The van der Waals surface area contributed by atoms with Crippen molar-refractivity contribution in [3.63, 3.8) is 0 Å². The van der Waals surface area contributed by atoms with Crippen LogP contribution in [0.4, 0.5) is 0 Å². The van der Waals surface area contributed by atoms with Crippen LogP contribution < -0.4 is 0 Å². The van der Waals surface area contributed by atoms with Gasteiger partial charge >= 0.3 is 0 Å². The molecule has 2 fully saturated rings. The molecule has 0 amide bonds. The van der Waals surface area contributed by atoms with Crippen molar-refractivity contribution in [3.8, 4) is 0 Å². The van der Waals surface area contributed by atoms with Crippen molar-refractivity contribution in [3.05, 3.63) is 0 Å². The van der Waals surface area contributed by atoms with Crippen molar-refractivity contribution in [1.29, 1.82) is 0 Å². The van der Waals surface area contributed by atoms with Crippen LogP contribution in [0.2, 0.25) is 0 Å². The van der Waals surface area contributed by atoms with Crippen LogP contribution in [-0.2, 0) is 0 Å². The van der Waals surface area contributed by atoms with Gasteiger partial charge in [0.1, 0.15) is 0 Å². The fraction of sp³-hybridized carbons (Fsp3) is 1.00. The average Bonchev–Trinajstić information content (AvgIpc) is 2.19. The molecule has 0 heteroatoms. The zero-order chi connectivity index (χ0) is 10.6. The average molecular weight is 196 g/mol. The van der Waals surface area contributed by atoms with Crippen molar-refractivity contribution in [2.75, 3.05) is 0 Å². The SMILES string of the molecule is CC.CCC1CC2(CCC(C)CC2)C1. The number of hydrogen-bond donors (Lipinski definition) is 0. The number of hydrogen-bond acceptors (Lipinski definition) is 0. The molecule has 0 bridgehead atoms. The smallest absolute Gasteiger partial charge is 0.0292 e. The maximum absolute atomic E-state index is 2.42. The zero-order valence-corrected chi connectivity index (χ0v) is 10.6. The summed E-state index contributed by atoms with van der Waals surface area (Å²) in [5.41, 5.74) is 0.854. The van der Waals surface area contributed by atoms with Crippen LogP contribution in [0.1, 0.15) is 72.6 Å². The molecule has 0 nitrogen and oxygen atoms in total. The van der Waals surface area contributed by atoms with Crippen LogP contribution >= 0.6 is 0 Å². The van der Waals surface area contributed by atoms with Crippen molar-refractivity contribution >= 4 is 0 Å². The Morgan fingerprint density at radius 3 is 2.00 bits per heavy atom. The molecule has 2 aliphatic carbocycles. The Morgan fingerprint density at radius 1 is 1.07 bits per heavy atom. The van der Waals surface area contributed by atoms with Gasteiger partial charge in [0.15, 0.2) is 0 Å². The first-order valence-corrected chi connectivity index (χ1v) is 6.74. The molecular formula is C14H28. The summed E-state index contributed by atoms with van der Waals surface area (Å²) in [7, 11) is 0. The van der Waals surface area contributed by atoms with E-state index in [9.17, 15) is 0 Å². The van der Waals surface area contributed by atoms with Gasteiger partial charge in [0, 0.05) is 0 Å². The fourth-order valence-electron chi connectivity index (χ4n) is 3.24. The second-order valence-corrected chi connectivity index (χ2v) is 5.37. The van der Waals surface area contributed by atoms with Crippen LogP contribution in [0.25, 0.3) is 0 Å². The van der Waals surface area contributed by atoms with Crippen LogP contribution in [0.15, 0.2) is 0 Å². The summed E-state index contributed by atoms with van der Waals surface area (Å²) < 4.78 is 0. The van der Waals surface area contributed by atoms with E-state index in [1.807, 2.05) is 13.8 Å². The Bertz CT molecular complexity index is 136. The minimum atomic E-state index is 0.854. The molecule has 0 N–H and O–H groups in total. The lowest BCUT2D eigenvalue weighted by atomic mass is 9.54. The molecule has 0 aromatic rings. The van der Waals surface area contributed by atoms with Gasteiger partial charge in [-0.1, -0.05) is 47.0 Å². The predicted molar refractivity (Wildman–Crippen MR) is 64.4 cm³/mol. The summed E-state index contributed by atoms with van der Waals surface area (Å²) in [5.74, 6) is 2.12. The van der Waals surface area contributed by atoms with Gasteiger partial charge in [-0.3, -0.25) is 0 Å². The molecule has 0 radical (unpaired) electrons. The van der Waals surface area contributed by atoms with E-state index in [0.717, 1.165) is 17.3 Å². The summed E-state index contributed by atoms with van der Waals surface area (Å²) in [6.07, 6.45) is 10.7. The summed E-state index contributed by atoms with van der Waals surface area (Å²) in [4.78, 5) is 0. The van der Waals surface area contributed by atoms with E-state index < -0.39 is 0 Å². The van der Waals surface area contributed by atoms with Gasteiger partial charge < -0.3 is 0 Å². The first-order chi connectivity index (χ1) is 6.74. The topological polar surface area (TPSA) is 0 Å². The van der Waals surface area contributed by atoms with E-state index in [-0.39, 0.29) is 0 Å². The van der Waals surface area contributed by atoms with E-state index >= 15 is 0 Å². The third-order valence-electron chi connectivity index (χ3n) is 4.36. The third-order valence-corrected chi connectivity index (χ3v) is 4.36. The molecule has 0 atom stereocenters. The van der Waals surface area contributed by atoms with Crippen LogP contribution in [0.3, 0.4) is 0 Å².